The lowest BCUT2D eigenvalue weighted by molar-refractivity contribution is -0.150. The number of amides is 2. The largest absolute Gasteiger partial charge is 0.463 e. The van der Waals surface area contributed by atoms with Crippen LogP contribution >= 0.6 is 0 Å². The van der Waals surface area contributed by atoms with E-state index < -0.39 is 12.0 Å². The van der Waals surface area contributed by atoms with Gasteiger partial charge in [0.05, 0.1) is 30.5 Å². The molecule has 1 saturated carbocycles. The number of nitrogens with one attached hydrogen (secondary N) is 2. The number of hydrogen-bond donors (Lipinski definition) is 3. The van der Waals surface area contributed by atoms with Crippen molar-refractivity contribution >= 4 is 17.8 Å². The number of hydrogen-bond acceptors (Lipinski definition) is 5. The molecule has 7 nitrogen and oxygen atoms in total. The number of carbonyl (C=O) groups is 3. The number of ether oxygens (including phenoxy) is 1. The molecular formula is C37H50N2O5. The van der Waals surface area contributed by atoms with Gasteiger partial charge in [0, 0.05) is 6.42 Å². The second-order valence-corrected chi connectivity index (χ2v) is 12.0. The van der Waals surface area contributed by atoms with E-state index in [1.54, 1.807) is 12.2 Å². The lowest BCUT2D eigenvalue weighted by Gasteiger charge is -2.28. The zero-order valence-electron chi connectivity index (χ0n) is 26.0. The summed E-state index contributed by atoms with van der Waals surface area (Å²) in [6, 6.07) is 18.7. The molecule has 3 rings (SSSR count). The quantitative estimate of drug-likeness (QED) is 0.141. The smallest absolute Gasteiger partial charge is 0.309 e. The van der Waals surface area contributed by atoms with Gasteiger partial charge in [-0.3, -0.25) is 14.4 Å². The normalized spacial score (nSPS) is 16.1. The van der Waals surface area contributed by atoms with Gasteiger partial charge in [-0.05, 0) is 49.1 Å². The van der Waals surface area contributed by atoms with Gasteiger partial charge in [-0.25, -0.2) is 0 Å². The van der Waals surface area contributed by atoms with Gasteiger partial charge in [0.2, 0.25) is 11.8 Å². The monoisotopic (exact) mass is 602 g/mol. The maximum Gasteiger partial charge on any atom is 0.309 e. The summed E-state index contributed by atoms with van der Waals surface area (Å²) >= 11 is 0. The average Bonchev–Trinajstić information content (AvgIpc) is 3.04. The standard InChI is InChI=1S/C37H50N2O5/c1-3-14-31(25-35(41)38-33(26-40)23-29-18-10-6-11-19-29)36(42)39-34(24-30-20-12-7-13-21-30)27-44-37(43)32(15-4-2)22-28-16-8-5-9-17-28/h3-6,8-11,16-19,30-34,40H,1-2,7,12-15,20-27H2,(H,38,41)(H,39,42). The lowest BCUT2D eigenvalue weighted by atomic mass is 9.84. The first-order chi connectivity index (χ1) is 21.4. The minimum atomic E-state index is -0.625. The van der Waals surface area contributed by atoms with Crippen LogP contribution in [0.25, 0.3) is 0 Å². The molecule has 44 heavy (non-hydrogen) atoms. The molecule has 0 radical (unpaired) electrons. The molecule has 2 aromatic carbocycles. The zero-order chi connectivity index (χ0) is 31.6. The summed E-state index contributed by atoms with van der Waals surface area (Å²) in [4.78, 5) is 39.7. The molecule has 2 amide bonds. The number of carbonyl (C=O) groups excluding carboxylic acids is 3. The fourth-order valence-corrected chi connectivity index (χ4v) is 6.03. The molecule has 0 heterocycles. The summed E-state index contributed by atoms with van der Waals surface area (Å²) in [5.74, 6) is -1.39. The summed E-state index contributed by atoms with van der Waals surface area (Å²) in [7, 11) is 0. The van der Waals surface area contributed by atoms with Crippen molar-refractivity contribution in [1.29, 1.82) is 0 Å². The van der Waals surface area contributed by atoms with Crippen LogP contribution in [0.1, 0.15) is 68.9 Å². The van der Waals surface area contributed by atoms with Crippen molar-refractivity contribution in [3.8, 4) is 0 Å². The van der Waals surface area contributed by atoms with E-state index in [0.29, 0.717) is 31.6 Å². The number of allylic oxidation sites excluding steroid dienone is 2. The van der Waals surface area contributed by atoms with Crippen LogP contribution in [0, 0.1) is 17.8 Å². The van der Waals surface area contributed by atoms with Crippen LogP contribution in [0.2, 0.25) is 0 Å². The highest BCUT2D eigenvalue weighted by Crippen LogP contribution is 2.28. The second kappa shape index (κ2) is 19.5. The van der Waals surface area contributed by atoms with Crippen LogP contribution in [0.3, 0.4) is 0 Å². The van der Waals surface area contributed by atoms with Crippen LogP contribution in [0.15, 0.2) is 86.0 Å². The second-order valence-electron chi connectivity index (χ2n) is 12.0. The summed E-state index contributed by atoms with van der Waals surface area (Å²) < 4.78 is 5.85. The Morgan fingerprint density at radius 3 is 2.00 bits per heavy atom. The van der Waals surface area contributed by atoms with Gasteiger partial charge >= 0.3 is 5.97 Å². The number of esters is 1. The maximum absolute atomic E-state index is 13.5. The van der Waals surface area contributed by atoms with Gasteiger partial charge in [0.15, 0.2) is 0 Å². The Labute approximate surface area is 263 Å². The highest BCUT2D eigenvalue weighted by atomic mass is 16.5. The Morgan fingerprint density at radius 2 is 1.41 bits per heavy atom. The Morgan fingerprint density at radius 1 is 0.818 bits per heavy atom. The van der Waals surface area contributed by atoms with Crippen LogP contribution in [-0.4, -0.2) is 48.2 Å². The number of aliphatic hydroxyl groups excluding tert-OH is 1. The zero-order valence-corrected chi connectivity index (χ0v) is 26.0. The summed E-state index contributed by atoms with van der Waals surface area (Å²) in [6.45, 7) is 7.50. The van der Waals surface area contributed by atoms with Crippen molar-refractivity contribution in [3.05, 3.63) is 97.1 Å². The molecule has 2 aromatic rings. The highest BCUT2D eigenvalue weighted by molar-refractivity contribution is 5.86. The maximum atomic E-state index is 13.5. The molecule has 4 atom stereocenters. The van der Waals surface area contributed by atoms with E-state index in [2.05, 4.69) is 23.8 Å². The van der Waals surface area contributed by atoms with Gasteiger partial charge in [-0.15, -0.1) is 13.2 Å². The van der Waals surface area contributed by atoms with Gasteiger partial charge in [-0.1, -0.05) is 105 Å². The van der Waals surface area contributed by atoms with Crippen molar-refractivity contribution < 1.29 is 24.2 Å². The number of rotatable bonds is 19. The van der Waals surface area contributed by atoms with Crippen LogP contribution in [-0.2, 0) is 32.0 Å². The molecule has 1 fully saturated rings. The average molecular weight is 603 g/mol. The van der Waals surface area contributed by atoms with Crippen molar-refractivity contribution in [2.45, 2.75) is 82.7 Å². The first kappa shape index (κ1) is 34.8. The third-order valence-corrected chi connectivity index (χ3v) is 8.39. The predicted molar refractivity (Wildman–Crippen MR) is 175 cm³/mol. The van der Waals surface area contributed by atoms with E-state index in [4.69, 9.17) is 4.74 Å². The minimum Gasteiger partial charge on any atom is -0.463 e. The Balaban J connectivity index is 1.62. The van der Waals surface area contributed by atoms with Gasteiger partial charge in [0.1, 0.15) is 6.61 Å². The van der Waals surface area contributed by atoms with Crippen molar-refractivity contribution in [3.63, 3.8) is 0 Å². The molecule has 1 aliphatic rings. The molecular weight excluding hydrogens is 552 g/mol. The van der Waals surface area contributed by atoms with E-state index in [9.17, 15) is 19.5 Å². The molecule has 1 aliphatic carbocycles. The fourth-order valence-electron chi connectivity index (χ4n) is 6.03. The lowest BCUT2D eigenvalue weighted by Crippen LogP contribution is -2.45. The first-order valence-corrected chi connectivity index (χ1v) is 16.1. The molecule has 238 valence electrons. The SMILES string of the molecule is C=CCC(CC(=O)NC(CO)Cc1ccccc1)C(=O)NC(COC(=O)C(CC=C)Cc1ccccc1)CC1CCCCC1. The molecule has 0 saturated heterocycles. The summed E-state index contributed by atoms with van der Waals surface area (Å²) in [5, 5.41) is 15.9. The highest BCUT2D eigenvalue weighted by Gasteiger charge is 2.28. The fraction of sp³-hybridized carbons (Fsp3) is 0.486. The first-order valence-electron chi connectivity index (χ1n) is 16.1. The molecule has 0 aliphatic heterocycles. The molecule has 3 N–H and O–H groups in total. The van der Waals surface area contributed by atoms with Crippen LogP contribution in [0.4, 0.5) is 0 Å². The van der Waals surface area contributed by atoms with E-state index in [1.807, 2.05) is 60.7 Å². The van der Waals surface area contributed by atoms with Crippen molar-refractivity contribution in [1.82, 2.24) is 10.6 Å². The van der Waals surface area contributed by atoms with Gasteiger partial charge in [0.25, 0.3) is 0 Å². The third-order valence-electron chi connectivity index (χ3n) is 8.39. The van der Waals surface area contributed by atoms with Crippen LogP contribution in [0.5, 0.6) is 0 Å². The van der Waals surface area contributed by atoms with Crippen molar-refractivity contribution in [2.75, 3.05) is 13.2 Å². The topological polar surface area (TPSA) is 105 Å². The van der Waals surface area contributed by atoms with Crippen LogP contribution < -0.4 is 10.6 Å². The van der Waals surface area contributed by atoms with E-state index in [-0.39, 0.29) is 49.4 Å². The van der Waals surface area contributed by atoms with Gasteiger partial charge < -0.3 is 20.5 Å². The Hall–Kier alpha value is -3.71. The summed E-state index contributed by atoms with van der Waals surface area (Å²) in [5.41, 5.74) is 2.06. The predicted octanol–water partition coefficient (Wildman–Crippen LogP) is 5.72. The molecule has 0 bridgehead atoms. The molecule has 0 spiro atoms. The van der Waals surface area contributed by atoms with E-state index in [1.165, 1.54) is 6.42 Å². The van der Waals surface area contributed by atoms with E-state index in [0.717, 1.165) is 43.2 Å². The number of aliphatic hydroxyl groups is 1. The summed E-state index contributed by atoms with van der Waals surface area (Å²) in [6.07, 6.45) is 11.7. The minimum absolute atomic E-state index is 0.0302. The van der Waals surface area contributed by atoms with Crippen molar-refractivity contribution in [2.24, 2.45) is 17.8 Å². The Bertz CT molecular complexity index is 1160. The molecule has 4 unspecified atom stereocenters. The molecule has 0 aromatic heterocycles. The third kappa shape index (κ3) is 12.5. The Kier molecular flexibility index (Phi) is 15.4. The van der Waals surface area contributed by atoms with E-state index >= 15 is 0 Å². The molecule has 7 heteroatoms. The number of benzene rings is 2. The van der Waals surface area contributed by atoms with Gasteiger partial charge in [-0.2, -0.15) is 0 Å².